The molecule has 2 rings (SSSR count). The van der Waals surface area contributed by atoms with Crippen molar-refractivity contribution in [2.24, 2.45) is 0 Å². The normalized spacial score (nSPS) is 12.3. The van der Waals surface area contributed by atoms with Crippen LogP contribution in [-0.2, 0) is 6.42 Å². The molecule has 0 radical (unpaired) electrons. The molecule has 4 heteroatoms. The molecular formula is C17H25N3S. The third-order valence-electron chi connectivity index (χ3n) is 3.70. The van der Waals surface area contributed by atoms with Crippen LogP contribution in [0.4, 0.5) is 5.69 Å². The van der Waals surface area contributed by atoms with Gasteiger partial charge in [-0.3, -0.25) is 4.98 Å². The summed E-state index contributed by atoms with van der Waals surface area (Å²) in [5, 5.41) is 5.60. The lowest BCUT2D eigenvalue weighted by Gasteiger charge is -2.20. The summed E-state index contributed by atoms with van der Waals surface area (Å²) in [5.74, 6) is 0. The van der Waals surface area contributed by atoms with Gasteiger partial charge in [-0.1, -0.05) is 19.9 Å². The third kappa shape index (κ3) is 4.55. The van der Waals surface area contributed by atoms with E-state index in [0.29, 0.717) is 6.04 Å². The molecule has 0 saturated carbocycles. The van der Waals surface area contributed by atoms with Crippen LogP contribution in [0.2, 0.25) is 0 Å². The first-order valence-electron chi connectivity index (χ1n) is 7.67. The van der Waals surface area contributed by atoms with Gasteiger partial charge in [-0.15, -0.1) is 11.3 Å². The van der Waals surface area contributed by atoms with Crippen molar-refractivity contribution < 1.29 is 0 Å². The molecule has 1 atom stereocenters. The van der Waals surface area contributed by atoms with Crippen LogP contribution in [-0.4, -0.2) is 25.1 Å². The quantitative estimate of drug-likeness (QED) is 0.802. The van der Waals surface area contributed by atoms with Gasteiger partial charge in [0, 0.05) is 24.5 Å². The maximum atomic E-state index is 4.63. The second kappa shape index (κ2) is 8.15. The summed E-state index contributed by atoms with van der Waals surface area (Å²) < 4.78 is 0. The molecule has 0 aromatic carbocycles. The molecule has 2 heterocycles. The van der Waals surface area contributed by atoms with Crippen LogP contribution >= 0.6 is 11.3 Å². The molecule has 2 aromatic heterocycles. The van der Waals surface area contributed by atoms with E-state index in [9.17, 15) is 0 Å². The van der Waals surface area contributed by atoms with Crippen LogP contribution in [0, 0.1) is 0 Å². The maximum absolute atomic E-state index is 4.63. The largest absolute Gasteiger partial charge is 0.373 e. The summed E-state index contributed by atoms with van der Waals surface area (Å²) in [6, 6.07) is 9.00. The van der Waals surface area contributed by atoms with E-state index < -0.39 is 0 Å². The Morgan fingerprint density at radius 2 is 2.14 bits per heavy atom. The predicted octanol–water partition coefficient (Wildman–Crippen LogP) is 3.88. The molecule has 0 aliphatic rings. The molecule has 0 aliphatic heterocycles. The van der Waals surface area contributed by atoms with E-state index in [-0.39, 0.29) is 0 Å². The number of hydrogen-bond acceptors (Lipinski definition) is 4. The monoisotopic (exact) mass is 303 g/mol. The minimum Gasteiger partial charge on any atom is -0.373 e. The molecule has 0 aliphatic carbocycles. The van der Waals surface area contributed by atoms with Gasteiger partial charge in [0.1, 0.15) is 0 Å². The van der Waals surface area contributed by atoms with Gasteiger partial charge in [0.25, 0.3) is 0 Å². The molecule has 3 nitrogen and oxygen atoms in total. The number of nitrogens with zero attached hydrogens (tertiary/aromatic N) is 2. The summed E-state index contributed by atoms with van der Waals surface area (Å²) in [7, 11) is 2.13. The maximum Gasteiger partial charge on any atom is 0.0574 e. The lowest BCUT2D eigenvalue weighted by molar-refractivity contribution is 0.525. The number of nitrogens with one attached hydrogen (secondary N) is 1. The van der Waals surface area contributed by atoms with Crippen molar-refractivity contribution in [2.75, 3.05) is 25.0 Å². The second-order valence-electron chi connectivity index (χ2n) is 5.21. The highest BCUT2D eigenvalue weighted by atomic mass is 32.1. The zero-order valence-electron chi connectivity index (χ0n) is 13.2. The van der Waals surface area contributed by atoms with Crippen LogP contribution in [0.5, 0.6) is 0 Å². The Morgan fingerprint density at radius 3 is 2.71 bits per heavy atom. The standard InChI is InChI=1S/C17H25N3S/c1-4-16(18-5-2)17-9-8-14(13-19-17)20(3)11-10-15-7-6-12-21-15/h6-9,12-13,16,18H,4-5,10-11H2,1-3H3. The fourth-order valence-corrected chi connectivity index (χ4v) is 3.09. The number of thiophene rings is 1. The van der Waals surface area contributed by atoms with E-state index in [1.807, 2.05) is 17.5 Å². The highest BCUT2D eigenvalue weighted by Gasteiger charge is 2.10. The second-order valence-corrected chi connectivity index (χ2v) is 6.24. The fourth-order valence-electron chi connectivity index (χ4n) is 2.40. The summed E-state index contributed by atoms with van der Waals surface area (Å²) >= 11 is 1.82. The molecule has 1 unspecified atom stereocenters. The van der Waals surface area contributed by atoms with Gasteiger partial charge < -0.3 is 10.2 Å². The molecule has 0 amide bonds. The molecule has 114 valence electrons. The lowest BCUT2D eigenvalue weighted by Crippen LogP contribution is -2.22. The lowest BCUT2D eigenvalue weighted by atomic mass is 10.1. The Morgan fingerprint density at radius 1 is 1.29 bits per heavy atom. The summed E-state index contributed by atoms with van der Waals surface area (Å²) in [5.41, 5.74) is 2.32. The Balaban J connectivity index is 1.94. The van der Waals surface area contributed by atoms with Crippen molar-refractivity contribution >= 4 is 17.0 Å². The Kier molecular flexibility index (Phi) is 6.21. The van der Waals surface area contributed by atoms with Crippen LogP contribution in [0.1, 0.15) is 36.9 Å². The highest BCUT2D eigenvalue weighted by molar-refractivity contribution is 7.09. The molecular weight excluding hydrogens is 278 g/mol. The first-order chi connectivity index (χ1) is 10.2. The minimum absolute atomic E-state index is 0.362. The van der Waals surface area contributed by atoms with Gasteiger partial charge in [-0.2, -0.15) is 0 Å². The molecule has 1 N–H and O–H groups in total. The molecule has 2 aromatic rings. The van der Waals surface area contributed by atoms with Crippen LogP contribution in [0.15, 0.2) is 35.8 Å². The number of anilines is 1. The number of rotatable bonds is 8. The van der Waals surface area contributed by atoms with Crippen molar-refractivity contribution in [2.45, 2.75) is 32.7 Å². The van der Waals surface area contributed by atoms with Gasteiger partial charge in [0.2, 0.25) is 0 Å². The Bertz CT molecular complexity index is 507. The van der Waals surface area contributed by atoms with Crippen molar-refractivity contribution in [1.29, 1.82) is 0 Å². The molecule has 0 fully saturated rings. The zero-order valence-corrected chi connectivity index (χ0v) is 14.0. The van der Waals surface area contributed by atoms with Gasteiger partial charge >= 0.3 is 0 Å². The summed E-state index contributed by atoms with van der Waals surface area (Å²) in [4.78, 5) is 8.34. The number of hydrogen-bond donors (Lipinski definition) is 1. The van der Waals surface area contributed by atoms with Crippen LogP contribution in [0.3, 0.4) is 0 Å². The van der Waals surface area contributed by atoms with E-state index in [2.05, 4.69) is 65.7 Å². The number of aromatic nitrogens is 1. The van der Waals surface area contributed by atoms with Crippen molar-refractivity contribution in [3.8, 4) is 0 Å². The number of likely N-dealkylation sites (N-methyl/N-ethyl adjacent to an activating group) is 1. The number of pyridine rings is 1. The van der Waals surface area contributed by atoms with Crippen molar-refractivity contribution in [1.82, 2.24) is 10.3 Å². The van der Waals surface area contributed by atoms with E-state index in [0.717, 1.165) is 31.6 Å². The van der Waals surface area contributed by atoms with E-state index in [4.69, 9.17) is 0 Å². The van der Waals surface area contributed by atoms with Gasteiger partial charge in [-0.25, -0.2) is 0 Å². The summed E-state index contributed by atoms with van der Waals surface area (Å²) in [6.45, 7) is 6.32. The topological polar surface area (TPSA) is 28.2 Å². The van der Waals surface area contributed by atoms with E-state index in [1.54, 1.807) is 0 Å². The first-order valence-corrected chi connectivity index (χ1v) is 8.55. The van der Waals surface area contributed by atoms with E-state index in [1.165, 1.54) is 10.6 Å². The Hall–Kier alpha value is -1.39. The highest BCUT2D eigenvalue weighted by Crippen LogP contribution is 2.18. The first kappa shape index (κ1) is 16.0. The average molecular weight is 303 g/mol. The third-order valence-corrected chi connectivity index (χ3v) is 4.64. The summed E-state index contributed by atoms with van der Waals surface area (Å²) in [6.07, 6.45) is 4.14. The van der Waals surface area contributed by atoms with Crippen LogP contribution in [0.25, 0.3) is 0 Å². The molecule has 0 spiro atoms. The average Bonchev–Trinajstić information content (AvgIpc) is 3.04. The van der Waals surface area contributed by atoms with Gasteiger partial charge in [-0.05, 0) is 43.0 Å². The smallest absolute Gasteiger partial charge is 0.0574 e. The molecule has 21 heavy (non-hydrogen) atoms. The van der Waals surface area contributed by atoms with E-state index >= 15 is 0 Å². The van der Waals surface area contributed by atoms with Gasteiger partial charge in [0.15, 0.2) is 0 Å². The molecule has 0 bridgehead atoms. The fraction of sp³-hybridized carbons (Fsp3) is 0.471. The van der Waals surface area contributed by atoms with Gasteiger partial charge in [0.05, 0.1) is 17.6 Å². The van der Waals surface area contributed by atoms with Crippen molar-refractivity contribution in [3.05, 3.63) is 46.4 Å². The van der Waals surface area contributed by atoms with Crippen molar-refractivity contribution in [3.63, 3.8) is 0 Å². The zero-order chi connectivity index (χ0) is 15.1. The SMILES string of the molecule is CCNC(CC)c1ccc(N(C)CCc2cccs2)cn1. The minimum atomic E-state index is 0.362. The predicted molar refractivity (Wildman–Crippen MR) is 92.2 cm³/mol. The van der Waals surface area contributed by atoms with Crippen LogP contribution < -0.4 is 10.2 Å². The Labute approximate surface area is 132 Å². The molecule has 0 saturated heterocycles.